The molecule has 0 aromatic heterocycles. The minimum absolute atomic E-state index is 0.620. The fourth-order valence-corrected chi connectivity index (χ4v) is 6.69. The minimum Gasteiger partial charge on any atom is -0.248 e. The molecular formula is C46H35N. The first-order valence-electron chi connectivity index (χ1n) is 15.9. The second kappa shape index (κ2) is 12.7. The van der Waals surface area contributed by atoms with Gasteiger partial charge in [-0.15, -0.1) is 0 Å². The predicted molar refractivity (Wildman–Crippen MR) is 205 cm³/mol. The van der Waals surface area contributed by atoms with Gasteiger partial charge in [-0.1, -0.05) is 165 Å². The van der Waals surface area contributed by atoms with Crippen molar-refractivity contribution in [3.8, 4) is 33.4 Å². The van der Waals surface area contributed by atoms with Gasteiger partial charge in [0.15, 0.2) is 0 Å². The van der Waals surface area contributed by atoms with Gasteiger partial charge in [-0.3, -0.25) is 0 Å². The molecule has 0 N–H and O–H groups in total. The van der Waals surface area contributed by atoms with Crippen molar-refractivity contribution in [3.63, 3.8) is 0 Å². The molecule has 47 heavy (non-hydrogen) atoms. The number of hydrogen-bond acceptors (Lipinski definition) is 1. The van der Waals surface area contributed by atoms with E-state index in [1.165, 1.54) is 60.1 Å². The van der Waals surface area contributed by atoms with E-state index in [1.807, 2.05) is 19.1 Å². The first kappa shape index (κ1) is 29.6. The number of rotatable bonds is 8. The van der Waals surface area contributed by atoms with Crippen LogP contribution in [0, 0.1) is 0 Å². The van der Waals surface area contributed by atoms with E-state index in [1.54, 1.807) is 6.08 Å². The van der Waals surface area contributed by atoms with Gasteiger partial charge in [-0.25, -0.2) is 4.99 Å². The second-order valence-corrected chi connectivity index (χ2v) is 11.7. The van der Waals surface area contributed by atoms with Crippen molar-refractivity contribution in [1.82, 2.24) is 0 Å². The van der Waals surface area contributed by atoms with Gasteiger partial charge in [-0.05, 0) is 90.3 Å². The number of benzene rings is 7. The predicted octanol–water partition coefficient (Wildman–Crippen LogP) is 12.8. The van der Waals surface area contributed by atoms with Crippen LogP contribution in [0.2, 0.25) is 0 Å². The second-order valence-electron chi connectivity index (χ2n) is 11.7. The summed E-state index contributed by atoms with van der Waals surface area (Å²) in [5, 5.41) is 7.34. The van der Waals surface area contributed by atoms with Crippen LogP contribution in [0.25, 0.3) is 65.7 Å². The highest BCUT2D eigenvalue weighted by molar-refractivity contribution is 6.24. The molecule has 0 saturated heterocycles. The Morgan fingerprint density at radius 3 is 1.64 bits per heavy atom. The van der Waals surface area contributed by atoms with Gasteiger partial charge in [0.05, 0.1) is 11.4 Å². The van der Waals surface area contributed by atoms with Crippen LogP contribution in [-0.4, -0.2) is 5.71 Å². The Kier molecular flexibility index (Phi) is 8.04. The molecule has 7 aromatic carbocycles. The van der Waals surface area contributed by atoms with E-state index in [4.69, 9.17) is 4.99 Å². The number of nitrogens with zero attached hydrogens (tertiary/aromatic N) is 1. The minimum atomic E-state index is 0.620. The molecule has 0 radical (unpaired) electrons. The smallest absolute Gasteiger partial charge is 0.0703 e. The lowest BCUT2D eigenvalue weighted by atomic mass is 9.83. The van der Waals surface area contributed by atoms with Crippen molar-refractivity contribution < 1.29 is 0 Å². The summed E-state index contributed by atoms with van der Waals surface area (Å²) < 4.78 is 0. The zero-order valence-corrected chi connectivity index (χ0v) is 26.6. The monoisotopic (exact) mass is 601 g/mol. The molecule has 224 valence electrons. The average molecular weight is 602 g/mol. The van der Waals surface area contributed by atoms with E-state index in [0.29, 0.717) is 5.70 Å². The molecular weight excluding hydrogens is 567 g/mol. The third-order valence-electron chi connectivity index (χ3n) is 8.84. The molecule has 0 aliphatic heterocycles. The molecule has 7 aromatic rings. The van der Waals surface area contributed by atoms with Crippen molar-refractivity contribution in [1.29, 1.82) is 0 Å². The van der Waals surface area contributed by atoms with Crippen LogP contribution in [0.15, 0.2) is 194 Å². The third-order valence-corrected chi connectivity index (χ3v) is 8.84. The molecule has 0 aliphatic carbocycles. The molecule has 0 saturated carbocycles. The highest BCUT2D eigenvalue weighted by Crippen LogP contribution is 2.46. The zero-order valence-electron chi connectivity index (χ0n) is 26.6. The Hall–Kier alpha value is -6.05. The quantitative estimate of drug-likeness (QED) is 0.0933. The maximum absolute atomic E-state index is 4.81. The van der Waals surface area contributed by atoms with Crippen LogP contribution in [0.3, 0.4) is 0 Å². The number of fused-ring (bicyclic) bond motifs is 3. The Morgan fingerprint density at radius 2 is 1.04 bits per heavy atom. The SMILES string of the molecule is C=CC(=NC(=C)C(=C)/C=C\C)c1cccc(-c2c3ccccc3c(-c3ccc(-c4ccccc4)c4ccccc34)c3ccccc23)c1. The van der Waals surface area contributed by atoms with Gasteiger partial charge in [0.25, 0.3) is 0 Å². The fraction of sp³-hybridized carbons (Fsp3) is 0.0217. The maximum Gasteiger partial charge on any atom is 0.0703 e. The van der Waals surface area contributed by atoms with Crippen LogP contribution in [-0.2, 0) is 0 Å². The van der Waals surface area contributed by atoms with E-state index in [2.05, 4.69) is 159 Å². The van der Waals surface area contributed by atoms with Gasteiger partial charge >= 0.3 is 0 Å². The summed E-state index contributed by atoms with van der Waals surface area (Å²) in [7, 11) is 0. The topological polar surface area (TPSA) is 12.4 Å². The first-order chi connectivity index (χ1) is 23.1. The van der Waals surface area contributed by atoms with Crippen molar-refractivity contribution in [2.45, 2.75) is 6.92 Å². The van der Waals surface area contributed by atoms with Gasteiger partial charge < -0.3 is 0 Å². The van der Waals surface area contributed by atoms with Crippen LogP contribution < -0.4 is 0 Å². The van der Waals surface area contributed by atoms with E-state index in [0.717, 1.165) is 22.4 Å². The van der Waals surface area contributed by atoms with Gasteiger partial charge in [0, 0.05) is 5.56 Å². The lowest BCUT2D eigenvalue weighted by molar-refractivity contribution is 1.36. The molecule has 0 bridgehead atoms. The van der Waals surface area contributed by atoms with Gasteiger partial charge in [0.2, 0.25) is 0 Å². The number of allylic oxidation sites excluding steroid dienone is 3. The highest BCUT2D eigenvalue weighted by atomic mass is 14.8. The highest BCUT2D eigenvalue weighted by Gasteiger charge is 2.19. The Labute approximate surface area is 276 Å². The number of aliphatic imine (C=N–C) groups is 1. The van der Waals surface area contributed by atoms with Crippen molar-refractivity contribution in [3.05, 3.63) is 194 Å². The van der Waals surface area contributed by atoms with E-state index in [9.17, 15) is 0 Å². The maximum atomic E-state index is 4.81. The molecule has 7 rings (SSSR count). The first-order valence-corrected chi connectivity index (χ1v) is 15.9. The largest absolute Gasteiger partial charge is 0.248 e. The van der Waals surface area contributed by atoms with Crippen molar-refractivity contribution in [2.75, 3.05) is 0 Å². The standard InChI is InChI=1S/C46H35N/c1-5-17-31(3)32(4)47-44(6-2)34-20-16-21-35(30-34)45-39-24-12-14-26-41(39)46(42-27-15-13-25-40(42)45)43-29-28-36(33-18-8-7-9-19-33)37-22-10-11-23-38(37)43/h5-30H,2-4H2,1H3/b17-5-,47-44?. The summed E-state index contributed by atoms with van der Waals surface area (Å²) in [6.45, 7) is 14.3. The van der Waals surface area contributed by atoms with Crippen molar-refractivity contribution in [2.24, 2.45) is 4.99 Å². The zero-order chi connectivity index (χ0) is 32.3. The summed E-state index contributed by atoms with van der Waals surface area (Å²) in [6.07, 6.45) is 5.65. The van der Waals surface area contributed by atoms with Crippen LogP contribution in [0.1, 0.15) is 12.5 Å². The molecule has 0 heterocycles. The van der Waals surface area contributed by atoms with Gasteiger partial charge in [-0.2, -0.15) is 0 Å². The van der Waals surface area contributed by atoms with E-state index >= 15 is 0 Å². The fourth-order valence-electron chi connectivity index (χ4n) is 6.69. The third kappa shape index (κ3) is 5.43. The van der Waals surface area contributed by atoms with E-state index in [-0.39, 0.29) is 0 Å². The van der Waals surface area contributed by atoms with Gasteiger partial charge in [0.1, 0.15) is 0 Å². The van der Waals surface area contributed by atoms with Crippen molar-refractivity contribution >= 4 is 38.0 Å². The van der Waals surface area contributed by atoms with E-state index < -0.39 is 0 Å². The summed E-state index contributed by atoms with van der Waals surface area (Å²) in [5.41, 5.74) is 10.4. The molecule has 0 spiro atoms. The lowest BCUT2D eigenvalue weighted by Crippen LogP contribution is -1.99. The lowest BCUT2D eigenvalue weighted by Gasteiger charge is -2.20. The molecule has 0 fully saturated rings. The summed E-state index contributed by atoms with van der Waals surface area (Å²) in [4.78, 5) is 4.81. The van der Waals surface area contributed by atoms with Crippen LogP contribution in [0.4, 0.5) is 0 Å². The summed E-state index contributed by atoms with van der Waals surface area (Å²) in [5.74, 6) is 0. The normalized spacial score (nSPS) is 11.8. The summed E-state index contributed by atoms with van der Waals surface area (Å²) >= 11 is 0. The molecule has 1 heteroatoms. The molecule has 1 nitrogen and oxygen atoms in total. The Bertz CT molecular complexity index is 2350. The molecule has 0 atom stereocenters. The Balaban J connectivity index is 1.48. The molecule has 0 amide bonds. The molecule has 0 unspecified atom stereocenters. The van der Waals surface area contributed by atoms with Crippen LogP contribution >= 0.6 is 0 Å². The summed E-state index contributed by atoms with van der Waals surface area (Å²) in [6, 6.07) is 50.2. The Morgan fingerprint density at radius 1 is 0.532 bits per heavy atom. The molecule has 0 aliphatic rings. The average Bonchev–Trinajstić information content (AvgIpc) is 3.13. The number of hydrogen-bond donors (Lipinski definition) is 0. The van der Waals surface area contributed by atoms with Crippen LogP contribution in [0.5, 0.6) is 0 Å².